The van der Waals surface area contributed by atoms with Crippen LogP contribution in [0.2, 0.25) is 0 Å². The number of alkyl halides is 3. The van der Waals surface area contributed by atoms with Crippen LogP contribution in [0.25, 0.3) is 0 Å². The van der Waals surface area contributed by atoms with Crippen molar-refractivity contribution in [3.05, 3.63) is 65.5 Å². The number of amides is 1. The minimum atomic E-state index is -4.79. The molecular weight excluding hydrogens is 314 g/mol. The molecule has 0 aliphatic rings. The molecule has 7 heteroatoms. The Bertz CT molecular complexity index is 683. The molecule has 1 unspecified atom stereocenters. The summed E-state index contributed by atoms with van der Waals surface area (Å²) in [4.78, 5) is 12.0. The summed E-state index contributed by atoms with van der Waals surface area (Å²) in [5.41, 5.74) is 0.459. The lowest BCUT2D eigenvalue weighted by Crippen LogP contribution is -2.27. The van der Waals surface area contributed by atoms with Crippen molar-refractivity contribution in [3.63, 3.8) is 0 Å². The summed E-state index contributed by atoms with van der Waals surface area (Å²) in [5, 5.41) is 2.58. The van der Waals surface area contributed by atoms with Gasteiger partial charge in [-0.1, -0.05) is 18.2 Å². The van der Waals surface area contributed by atoms with Crippen molar-refractivity contribution in [1.82, 2.24) is 5.32 Å². The van der Waals surface area contributed by atoms with E-state index in [1.54, 1.807) is 19.1 Å². The van der Waals surface area contributed by atoms with Crippen molar-refractivity contribution in [2.75, 3.05) is 0 Å². The second-order valence-corrected chi connectivity index (χ2v) is 4.79. The molecular formula is C16H13F4NO2. The first kappa shape index (κ1) is 16.8. The molecule has 0 bridgehead atoms. The van der Waals surface area contributed by atoms with Gasteiger partial charge < -0.3 is 10.1 Å². The third-order valence-corrected chi connectivity index (χ3v) is 3.07. The van der Waals surface area contributed by atoms with E-state index in [0.29, 0.717) is 5.56 Å². The zero-order valence-electron chi connectivity index (χ0n) is 12.0. The Labute approximate surface area is 129 Å². The lowest BCUT2D eigenvalue weighted by atomic mass is 10.1. The number of rotatable bonds is 4. The van der Waals surface area contributed by atoms with E-state index in [-0.39, 0.29) is 5.56 Å². The summed E-state index contributed by atoms with van der Waals surface area (Å²) in [6, 6.07) is 9.88. The number of ether oxygens (including phenoxy) is 1. The van der Waals surface area contributed by atoms with E-state index in [2.05, 4.69) is 10.1 Å². The average Bonchev–Trinajstić information content (AvgIpc) is 2.46. The highest BCUT2D eigenvalue weighted by molar-refractivity contribution is 5.94. The van der Waals surface area contributed by atoms with Crippen molar-refractivity contribution in [2.24, 2.45) is 0 Å². The van der Waals surface area contributed by atoms with E-state index in [4.69, 9.17) is 0 Å². The SMILES string of the molecule is CC(NC(=O)c1ccc(OC(F)(F)F)cc1)c1ccccc1F. The van der Waals surface area contributed by atoms with Crippen molar-refractivity contribution in [1.29, 1.82) is 0 Å². The third-order valence-electron chi connectivity index (χ3n) is 3.07. The number of halogens is 4. The minimum absolute atomic E-state index is 0.141. The maximum absolute atomic E-state index is 13.6. The predicted molar refractivity (Wildman–Crippen MR) is 75.4 cm³/mol. The Kier molecular flexibility index (Phi) is 4.88. The van der Waals surface area contributed by atoms with Crippen molar-refractivity contribution in [3.8, 4) is 5.75 Å². The van der Waals surface area contributed by atoms with Gasteiger partial charge in [0.25, 0.3) is 5.91 Å². The quantitative estimate of drug-likeness (QED) is 0.854. The van der Waals surface area contributed by atoms with E-state index in [1.807, 2.05) is 0 Å². The van der Waals surface area contributed by atoms with Gasteiger partial charge in [0.1, 0.15) is 11.6 Å². The Morgan fingerprint density at radius 1 is 1.09 bits per heavy atom. The number of nitrogens with one attached hydrogen (secondary N) is 1. The van der Waals surface area contributed by atoms with Crippen LogP contribution in [0, 0.1) is 5.82 Å². The standard InChI is InChI=1S/C16H13F4NO2/c1-10(13-4-2-3-5-14(13)17)21-15(22)11-6-8-12(9-7-11)23-16(18,19)20/h2-10H,1H3,(H,21,22). The van der Waals surface area contributed by atoms with Gasteiger partial charge in [0.2, 0.25) is 0 Å². The van der Waals surface area contributed by atoms with Crippen molar-refractivity contribution >= 4 is 5.91 Å². The summed E-state index contributed by atoms with van der Waals surface area (Å²) in [6.45, 7) is 1.61. The van der Waals surface area contributed by atoms with Crippen LogP contribution in [-0.2, 0) is 0 Å². The van der Waals surface area contributed by atoms with Gasteiger partial charge in [-0.2, -0.15) is 0 Å². The number of hydrogen-bond donors (Lipinski definition) is 1. The Morgan fingerprint density at radius 3 is 2.26 bits per heavy atom. The summed E-state index contributed by atoms with van der Waals surface area (Å²) in [5.74, 6) is -1.40. The molecule has 1 atom stereocenters. The zero-order valence-corrected chi connectivity index (χ0v) is 12.0. The first-order valence-corrected chi connectivity index (χ1v) is 6.67. The first-order chi connectivity index (χ1) is 10.8. The molecule has 0 fully saturated rings. The highest BCUT2D eigenvalue weighted by atomic mass is 19.4. The highest BCUT2D eigenvalue weighted by Crippen LogP contribution is 2.23. The molecule has 1 amide bonds. The van der Waals surface area contributed by atoms with Gasteiger partial charge in [0.15, 0.2) is 0 Å². The van der Waals surface area contributed by atoms with E-state index >= 15 is 0 Å². The Morgan fingerprint density at radius 2 is 1.70 bits per heavy atom. The maximum Gasteiger partial charge on any atom is 0.573 e. The van der Waals surface area contributed by atoms with Gasteiger partial charge in [-0.05, 0) is 37.3 Å². The zero-order chi connectivity index (χ0) is 17.0. The summed E-state index contributed by atoms with van der Waals surface area (Å²) in [7, 11) is 0. The van der Waals surface area contributed by atoms with Crippen LogP contribution in [0.5, 0.6) is 5.75 Å². The van der Waals surface area contributed by atoms with Crippen molar-refractivity contribution < 1.29 is 27.1 Å². The van der Waals surface area contributed by atoms with Crippen LogP contribution in [-0.4, -0.2) is 12.3 Å². The number of hydrogen-bond acceptors (Lipinski definition) is 2. The van der Waals surface area contributed by atoms with E-state index in [1.165, 1.54) is 24.3 Å². The fraction of sp³-hybridized carbons (Fsp3) is 0.188. The first-order valence-electron chi connectivity index (χ1n) is 6.67. The van der Waals surface area contributed by atoms with Gasteiger partial charge in [-0.25, -0.2) is 4.39 Å². The topological polar surface area (TPSA) is 38.3 Å². The molecule has 0 radical (unpaired) electrons. The smallest absolute Gasteiger partial charge is 0.406 e. The fourth-order valence-corrected chi connectivity index (χ4v) is 1.99. The summed E-state index contributed by atoms with van der Waals surface area (Å²) < 4.78 is 53.5. The molecule has 1 N–H and O–H groups in total. The third kappa shape index (κ3) is 4.70. The minimum Gasteiger partial charge on any atom is -0.406 e. The van der Waals surface area contributed by atoms with Crippen LogP contribution < -0.4 is 10.1 Å². The van der Waals surface area contributed by atoms with Gasteiger partial charge in [0, 0.05) is 11.1 Å². The number of carbonyl (C=O) groups is 1. The number of carbonyl (C=O) groups excluding carboxylic acids is 1. The molecule has 0 heterocycles. The molecule has 2 aromatic rings. The van der Waals surface area contributed by atoms with Gasteiger partial charge in [-0.3, -0.25) is 4.79 Å². The Hall–Kier alpha value is -2.57. The van der Waals surface area contributed by atoms with Crippen LogP contribution in [0.4, 0.5) is 17.6 Å². The molecule has 23 heavy (non-hydrogen) atoms. The highest BCUT2D eigenvalue weighted by Gasteiger charge is 2.31. The van der Waals surface area contributed by atoms with Gasteiger partial charge in [-0.15, -0.1) is 13.2 Å². The Balaban J connectivity index is 2.05. The van der Waals surface area contributed by atoms with Crippen molar-refractivity contribution in [2.45, 2.75) is 19.3 Å². The monoisotopic (exact) mass is 327 g/mol. The van der Waals surface area contributed by atoms with Crippen LogP contribution >= 0.6 is 0 Å². The lowest BCUT2D eigenvalue weighted by molar-refractivity contribution is -0.274. The molecule has 0 aliphatic carbocycles. The molecule has 122 valence electrons. The average molecular weight is 327 g/mol. The van der Waals surface area contributed by atoms with Crippen LogP contribution in [0.1, 0.15) is 28.9 Å². The van der Waals surface area contributed by atoms with E-state index in [0.717, 1.165) is 12.1 Å². The number of benzene rings is 2. The second kappa shape index (κ2) is 6.68. The second-order valence-electron chi connectivity index (χ2n) is 4.79. The molecule has 0 saturated heterocycles. The predicted octanol–water partition coefficient (Wildman–Crippen LogP) is 4.22. The summed E-state index contributed by atoms with van der Waals surface area (Å²) in [6.07, 6.45) is -4.79. The molecule has 0 spiro atoms. The molecule has 0 aliphatic heterocycles. The van der Waals surface area contributed by atoms with E-state index in [9.17, 15) is 22.4 Å². The molecule has 0 saturated carbocycles. The lowest BCUT2D eigenvalue weighted by Gasteiger charge is -2.15. The van der Waals surface area contributed by atoms with E-state index < -0.39 is 29.9 Å². The molecule has 2 rings (SSSR count). The molecule has 2 aromatic carbocycles. The summed E-state index contributed by atoms with van der Waals surface area (Å²) >= 11 is 0. The largest absolute Gasteiger partial charge is 0.573 e. The van der Waals surface area contributed by atoms with Gasteiger partial charge >= 0.3 is 6.36 Å². The fourth-order valence-electron chi connectivity index (χ4n) is 1.99. The maximum atomic E-state index is 13.6. The van der Waals surface area contributed by atoms with Gasteiger partial charge in [0.05, 0.1) is 6.04 Å². The van der Waals surface area contributed by atoms with Crippen LogP contribution in [0.15, 0.2) is 48.5 Å². The molecule has 0 aromatic heterocycles. The molecule has 3 nitrogen and oxygen atoms in total. The van der Waals surface area contributed by atoms with Crippen LogP contribution in [0.3, 0.4) is 0 Å². The normalized spacial score (nSPS) is 12.6.